The molecule has 2 atom stereocenters. The molecule has 0 aromatic heterocycles. The summed E-state index contributed by atoms with van der Waals surface area (Å²) in [6, 6.07) is 0. The van der Waals surface area contributed by atoms with Crippen LogP contribution in [0.2, 0.25) is 0 Å². The van der Waals surface area contributed by atoms with Gasteiger partial charge in [0.15, 0.2) is 6.10 Å². The van der Waals surface area contributed by atoms with E-state index in [2.05, 4.69) is 27.7 Å². The summed E-state index contributed by atoms with van der Waals surface area (Å²) in [6.45, 7) is 9.06. The van der Waals surface area contributed by atoms with Gasteiger partial charge in [0.25, 0.3) is 0 Å². The topological polar surface area (TPSA) is 78.9 Å². The van der Waals surface area contributed by atoms with Crippen LogP contribution < -0.4 is 0 Å². The summed E-state index contributed by atoms with van der Waals surface area (Å²) in [5.41, 5.74) is 0. The molecule has 60 heavy (non-hydrogen) atoms. The minimum atomic E-state index is -0.760. The van der Waals surface area contributed by atoms with Gasteiger partial charge >= 0.3 is 17.9 Å². The normalized spacial score (nSPS) is 12.4. The van der Waals surface area contributed by atoms with E-state index in [4.69, 9.17) is 14.2 Å². The molecular formula is C54H104O6. The summed E-state index contributed by atoms with van der Waals surface area (Å²) in [6.07, 6.45) is 50.8. The van der Waals surface area contributed by atoms with E-state index in [1.54, 1.807) is 0 Å². The van der Waals surface area contributed by atoms with Gasteiger partial charge in [-0.2, -0.15) is 0 Å². The first-order chi connectivity index (χ1) is 29.4. The molecule has 0 rings (SSSR count). The fourth-order valence-corrected chi connectivity index (χ4v) is 8.19. The van der Waals surface area contributed by atoms with Crippen LogP contribution in [0.25, 0.3) is 0 Å². The van der Waals surface area contributed by atoms with Gasteiger partial charge in [0.2, 0.25) is 0 Å². The van der Waals surface area contributed by atoms with E-state index in [-0.39, 0.29) is 31.1 Å². The molecular weight excluding hydrogens is 745 g/mol. The zero-order valence-corrected chi connectivity index (χ0v) is 40.9. The SMILES string of the molecule is CCCCCCCCCCCCCCCCCC(=O)O[C@@H](COC(=O)CCCCCCCCCCC)COC(=O)CCCCCCCCCCCCCCCCC(C)CC. The lowest BCUT2D eigenvalue weighted by Crippen LogP contribution is -2.30. The van der Waals surface area contributed by atoms with Crippen LogP contribution in [0.15, 0.2) is 0 Å². The minimum absolute atomic E-state index is 0.0625. The average molecular weight is 849 g/mol. The summed E-state index contributed by atoms with van der Waals surface area (Å²) >= 11 is 0. The molecule has 0 saturated heterocycles. The molecule has 356 valence electrons. The van der Waals surface area contributed by atoms with Gasteiger partial charge in [-0.25, -0.2) is 0 Å². The Labute approximate surface area is 374 Å². The van der Waals surface area contributed by atoms with Crippen molar-refractivity contribution in [3.63, 3.8) is 0 Å². The Morgan fingerprint density at radius 3 is 0.867 bits per heavy atom. The van der Waals surface area contributed by atoms with Crippen molar-refractivity contribution in [3.05, 3.63) is 0 Å². The Balaban J connectivity index is 4.24. The summed E-state index contributed by atoms with van der Waals surface area (Å²) in [5, 5.41) is 0. The standard InChI is InChI=1S/C54H104O6/c1-5-8-10-12-14-16-17-18-19-24-27-31-35-39-43-47-54(57)60-51(48-58-52(55)45-41-37-33-28-15-13-11-9-6-2)49-59-53(56)46-42-38-34-30-26-23-21-20-22-25-29-32-36-40-44-50(4)7-3/h50-51H,5-49H2,1-4H3/t50?,51-/m0/s1. The third-order valence-electron chi connectivity index (χ3n) is 12.7. The van der Waals surface area contributed by atoms with Gasteiger partial charge in [-0.3, -0.25) is 14.4 Å². The number of esters is 3. The average Bonchev–Trinajstić information content (AvgIpc) is 3.25. The number of ether oxygens (including phenoxy) is 3. The molecule has 0 radical (unpaired) electrons. The molecule has 0 aliphatic rings. The highest BCUT2D eigenvalue weighted by Crippen LogP contribution is 2.18. The van der Waals surface area contributed by atoms with Crippen LogP contribution >= 0.6 is 0 Å². The van der Waals surface area contributed by atoms with Crippen LogP contribution in [0, 0.1) is 5.92 Å². The Kier molecular flexibility index (Phi) is 47.2. The molecule has 0 aliphatic heterocycles. The van der Waals surface area contributed by atoms with E-state index in [0.717, 1.165) is 63.7 Å². The quantitative estimate of drug-likeness (QED) is 0.0345. The molecule has 0 amide bonds. The first-order valence-corrected chi connectivity index (χ1v) is 26.9. The molecule has 0 heterocycles. The lowest BCUT2D eigenvalue weighted by molar-refractivity contribution is -0.167. The third kappa shape index (κ3) is 45.9. The molecule has 0 aromatic rings. The maximum atomic E-state index is 12.8. The predicted octanol–water partition coefficient (Wildman–Crippen LogP) is 17.5. The molecule has 0 aromatic carbocycles. The first kappa shape index (κ1) is 58.4. The molecule has 0 bridgehead atoms. The maximum Gasteiger partial charge on any atom is 0.306 e. The number of rotatable bonds is 49. The number of hydrogen-bond donors (Lipinski definition) is 0. The fourth-order valence-electron chi connectivity index (χ4n) is 8.19. The van der Waals surface area contributed by atoms with Gasteiger partial charge in [0.05, 0.1) is 0 Å². The monoisotopic (exact) mass is 849 g/mol. The molecule has 6 heteroatoms. The second kappa shape index (κ2) is 48.4. The van der Waals surface area contributed by atoms with Crippen molar-refractivity contribution in [2.45, 2.75) is 310 Å². The number of carbonyl (C=O) groups is 3. The van der Waals surface area contributed by atoms with Crippen LogP contribution in [0.5, 0.6) is 0 Å². The van der Waals surface area contributed by atoms with E-state index in [1.165, 1.54) is 199 Å². The van der Waals surface area contributed by atoms with Gasteiger partial charge in [0, 0.05) is 19.3 Å². The van der Waals surface area contributed by atoms with Gasteiger partial charge in [-0.15, -0.1) is 0 Å². The van der Waals surface area contributed by atoms with Crippen LogP contribution in [0.4, 0.5) is 0 Å². The highest BCUT2D eigenvalue weighted by molar-refractivity contribution is 5.71. The van der Waals surface area contributed by atoms with Crippen LogP contribution in [0.1, 0.15) is 304 Å². The number of carbonyl (C=O) groups excluding carboxylic acids is 3. The highest BCUT2D eigenvalue weighted by Gasteiger charge is 2.19. The maximum absolute atomic E-state index is 12.8. The Morgan fingerprint density at radius 2 is 0.583 bits per heavy atom. The lowest BCUT2D eigenvalue weighted by Gasteiger charge is -2.18. The lowest BCUT2D eigenvalue weighted by atomic mass is 9.99. The summed E-state index contributed by atoms with van der Waals surface area (Å²) in [7, 11) is 0. The molecule has 0 aliphatic carbocycles. The number of hydrogen-bond acceptors (Lipinski definition) is 6. The molecule has 1 unspecified atom stereocenters. The first-order valence-electron chi connectivity index (χ1n) is 26.9. The van der Waals surface area contributed by atoms with E-state index in [1.807, 2.05) is 0 Å². The molecule has 0 N–H and O–H groups in total. The molecule has 0 fully saturated rings. The molecule has 0 spiro atoms. The minimum Gasteiger partial charge on any atom is -0.462 e. The van der Waals surface area contributed by atoms with Gasteiger partial charge < -0.3 is 14.2 Å². The number of unbranched alkanes of at least 4 members (excludes halogenated alkanes) is 35. The van der Waals surface area contributed by atoms with Gasteiger partial charge in [0.1, 0.15) is 13.2 Å². The van der Waals surface area contributed by atoms with Crippen molar-refractivity contribution >= 4 is 17.9 Å². The van der Waals surface area contributed by atoms with Crippen molar-refractivity contribution in [1.82, 2.24) is 0 Å². The summed E-state index contributed by atoms with van der Waals surface area (Å²) in [5.74, 6) is 0.0520. The highest BCUT2D eigenvalue weighted by atomic mass is 16.6. The van der Waals surface area contributed by atoms with E-state index in [9.17, 15) is 14.4 Å². The van der Waals surface area contributed by atoms with Gasteiger partial charge in [-0.1, -0.05) is 265 Å². The van der Waals surface area contributed by atoms with Crippen molar-refractivity contribution in [1.29, 1.82) is 0 Å². The molecule has 6 nitrogen and oxygen atoms in total. The van der Waals surface area contributed by atoms with Gasteiger partial charge in [-0.05, 0) is 25.2 Å². The van der Waals surface area contributed by atoms with Crippen molar-refractivity contribution in [2.24, 2.45) is 5.92 Å². The van der Waals surface area contributed by atoms with Crippen molar-refractivity contribution < 1.29 is 28.6 Å². The summed E-state index contributed by atoms with van der Waals surface area (Å²) in [4.78, 5) is 37.9. The van der Waals surface area contributed by atoms with Crippen molar-refractivity contribution in [2.75, 3.05) is 13.2 Å². The van der Waals surface area contributed by atoms with Crippen LogP contribution in [-0.2, 0) is 28.6 Å². The zero-order valence-electron chi connectivity index (χ0n) is 40.9. The predicted molar refractivity (Wildman–Crippen MR) is 257 cm³/mol. The van der Waals surface area contributed by atoms with E-state index in [0.29, 0.717) is 19.3 Å². The Morgan fingerprint density at radius 1 is 0.333 bits per heavy atom. The van der Waals surface area contributed by atoms with Crippen LogP contribution in [-0.4, -0.2) is 37.2 Å². The smallest absolute Gasteiger partial charge is 0.306 e. The fraction of sp³-hybridized carbons (Fsp3) is 0.944. The van der Waals surface area contributed by atoms with Crippen LogP contribution in [0.3, 0.4) is 0 Å². The largest absolute Gasteiger partial charge is 0.462 e. The zero-order chi connectivity index (χ0) is 43.8. The van der Waals surface area contributed by atoms with E-state index >= 15 is 0 Å². The second-order valence-electron chi connectivity index (χ2n) is 18.8. The third-order valence-corrected chi connectivity index (χ3v) is 12.7. The Hall–Kier alpha value is -1.59. The van der Waals surface area contributed by atoms with E-state index < -0.39 is 6.10 Å². The second-order valence-corrected chi connectivity index (χ2v) is 18.8. The van der Waals surface area contributed by atoms with Crippen molar-refractivity contribution in [3.8, 4) is 0 Å². The Bertz CT molecular complexity index is 905. The summed E-state index contributed by atoms with van der Waals surface area (Å²) < 4.78 is 16.8. The molecule has 0 saturated carbocycles.